The van der Waals surface area contributed by atoms with Gasteiger partial charge in [-0.15, -0.1) is 5.10 Å². The molecule has 0 aliphatic carbocycles. The highest BCUT2D eigenvalue weighted by Crippen LogP contribution is 2.19. The van der Waals surface area contributed by atoms with Crippen molar-refractivity contribution in [3.8, 4) is 0 Å². The lowest BCUT2D eigenvalue weighted by Crippen LogP contribution is -2.47. The van der Waals surface area contributed by atoms with Crippen LogP contribution in [0.15, 0.2) is 16.9 Å². The van der Waals surface area contributed by atoms with Crippen LogP contribution in [0, 0.1) is 5.82 Å². The number of aliphatic hydroxyl groups excluding tert-OH is 1. The standard InChI is InChI=1S/C11H13BrFN5O.C2HF3O2/c12-10-3-6(13)8-4-15-11(17-18(8)10)16-7-1-2-14-5-9(7)19;3-2(4,5)1(6)7/h3-4,7,9,14,19H,1-2,5H2,(H,16,17);(H,6,7)/t7-,9-;/m1./s1. The highest BCUT2D eigenvalue weighted by atomic mass is 79.9. The SMILES string of the molecule is O=C(O)C(F)(F)F.O[C@@H]1CNCC[C@H]1Nc1ncc2c(F)cc(Br)n2n1. The topological polar surface area (TPSA) is 112 Å². The molecular formula is C13H14BrF4N5O3. The lowest BCUT2D eigenvalue weighted by molar-refractivity contribution is -0.192. The van der Waals surface area contributed by atoms with Gasteiger partial charge in [0.15, 0.2) is 5.82 Å². The van der Waals surface area contributed by atoms with Gasteiger partial charge in [-0.05, 0) is 28.9 Å². The maximum Gasteiger partial charge on any atom is 0.490 e. The second-order valence-electron chi connectivity index (χ2n) is 5.31. The molecule has 3 rings (SSSR count). The van der Waals surface area contributed by atoms with Crippen LogP contribution in [0.2, 0.25) is 0 Å². The summed E-state index contributed by atoms with van der Waals surface area (Å²) in [6, 6.07) is 1.24. The van der Waals surface area contributed by atoms with E-state index in [0.717, 1.165) is 13.0 Å². The van der Waals surface area contributed by atoms with E-state index in [4.69, 9.17) is 9.90 Å². The third kappa shape index (κ3) is 5.02. The summed E-state index contributed by atoms with van der Waals surface area (Å²) in [5.74, 6) is -2.76. The fourth-order valence-electron chi connectivity index (χ4n) is 2.16. The van der Waals surface area contributed by atoms with Gasteiger partial charge in [0.05, 0.1) is 18.3 Å². The van der Waals surface area contributed by atoms with Crippen molar-refractivity contribution in [1.82, 2.24) is 19.9 Å². The Kier molecular flexibility index (Phi) is 6.36. The quantitative estimate of drug-likeness (QED) is 0.519. The van der Waals surface area contributed by atoms with Crippen molar-refractivity contribution in [3.05, 3.63) is 22.7 Å². The molecule has 8 nitrogen and oxygen atoms in total. The first kappa shape index (κ1) is 20.3. The first-order valence-electron chi connectivity index (χ1n) is 7.25. The largest absolute Gasteiger partial charge is 0.490 e. The Balaban J connectivity index is 0.000000298. The van der Waals surface area contributed by atoms with Crippen LogP contribution in [0.5, 0.6) is 0 Å². The molecule has 0 amide bonds. The summed E-state index contributed by atoms with van der Waals surface area (Å²) in [6.45, 7) is 1.38. The number of carbonyl (C=O) groups is 1. The highest BCUT2D eigenvalue weighted by molar-refractivity contribution is 9.10. The maximum atomic E-state index is 13.5. The molecule has 13 heteroatoms. The average molecular weight is 444 g/mol. The molecule has 0 bridgehead atoms. The van der Waals surface area contributed by atoms with Crippen LogP contribution in [0.25, 0.3) is 5.52 Å². The van der Waals surface area contributed by atoms with Crippen molar-refractivity contribution in [3.63, 3.8) is 0 Å². The fraction of sp³-hybridized carbons (Fsp3) is 0.462. The van der Waals surface area contributed by atoms with Gasteiger partial charge in [0.2, 0.25) is 5.95 Å². The van der Waals surface area contributed by atoms with E-state index in [1.807, 2.05) is 0 Å². The summed E-state index contributed by atoms with van der Waals surface area (Å²) in [5.41, 5.74) is 0.309. The number of nitrogens with zero attached hydrogens (tertiary/aromatic N) is 3. The molecular weight excluding hydrogens is 430 g/mol. The molecule has 0 aromatic carbocycles. The summed E-state index contributed by atoms with van der Waals surface area (Å²) >= 11 is 3.23. The van der Waals surface area contributed by atoms with Crippen molar-refractivity contribution in [2.24, 2.45) is 0 Å². The number of piperidine rings is 1. The third-order valence-electron chi connectivity index (χ3n) is 3.43. The summed E-state index contributed by atoms with van der Waals surface area (Å²) in [4.78, 5) is 13.0. The number of carboxylic acid groups (broad SMARTS) is 1. The first-order valence-corrected chi connectivity index (χ1v) is 8.04. The average Bonchev–Trinajstić information content (AvgIpc) is 2.83. The predicted octanol–water partition coefficient (Wildman–Crippen LogP) is 1.40. The summed E-state index contributed by atoms with van der Waals surface area (Å²) < 4.78 is 47.1. The van der Waals surface area contributed by atoms with E-state index in [2.05, 4.69) is 36.6 Å². The monoisotopic (exact) mass is 443 g/mol. The molecule has 2 aromatic heterocycles. The van der Waals surface area contributed by atoms with E-state index in [0.29, 0.717) is 22.6 Å². The van der Waals surface area contributed by atoms with Crippen molar-refractivity contribution in [2.45, 2.75) is 24.7 Å². The minimum atomic E-state index is -5.08. The number of aromatic nitrogens is 3. The van der Waals surface area contributed by atoms with Crippen LogP contribution in [-0.2, 0) is 4.79 Å². The summed E-state index contributed by atoms with van der Waals surface area (Å²) in [5, 5.41) is 27.4. The molecule has 1 aliphatic rings. The molecule has 0 spiro atoms. The number of halogens is 5. The Morgan fingerprint density at radius 1 is 1.46 bits per heavy atom. The summed E-state index contributed by atoms with van der Waals surface area (Å²) in [7, 11) is 0. The van der Waals surface area contributed by atoms with Gasteiger partial charge in [0.25, 0.3) is 0 Å². The number of rotatable bonds is 2. The van der Waals surface area contributed by atoms with E-state index in [9.17, 15) is 22.7 Å². The number of hydrogen-bond acceptors (Lipinski definition) is 6. The highest BCUT2D eigenvalue weighted by Gasteiger charge is 2.38. The molecule has 0 saturated carbocycles. The molecule has 1 fully saturated rings. The maximum absolute atomic E-state index is 13.5. The second kappa shape index (κ2) is 8.14. The zero-order valence-electron chi connectivity index (χ0n) is 13.0. The summed E-state index contributed by atoms with van der Waals surface area (Å²) in [6.07, 6.45) is -3.37. The number of alkyl halides is 3. The second-order valence-corrected chi connectivity index (χ2v) is 6.12. The zero-order chi connectivity index (χ0) is 19.5. The molecule has 2 aromatic rings. The van der Waals surface area contributed by atoms with E-state index < -0.39 is 18.2 Å². The predicted molar refractivity (Wildman–Crippen MR) is 85.2 cm³/mol. The van der Waals surface area contributed by atoms with Crippen LogP contribution in [0.1, 0.15) is 6.42 Å². The smallest absolute Gasteiger partial charge is 0.475 e. The molecule has 26 heavy (non-hydrogen) atoms. The zero-order valence-corrected chi connectivity index (χ0v) is 14.6. The Bertz CT molecular complexity index is 785. The van der Waals surface area contributed by atoms with Gasteiger partial charge in [-0.2, -0.15) is 13.2 Å². The number of aliphatic carboxylic acids is 1. The normalized spacial score (nSPS) is 20.4. The minimum Gasteiger partial charge on any atom is -0.475 e. The first-order chi connectivity index (χ1) is 12.1. The van der Waals surface area contributed by atoms with Crippen LogP contribution < -0.4 is 10.6 Å². The Morgan fingerprint density at radius 2 is 2.12 bits per heavy atom. The molecule has 4 N–H and O–H groups in total. The van der Waals surface area contributed by atoms with Crippen LogP contribution in [0.3, 0.4) is 0 Å². The van der Waals surface area contributed by atoms with E-state index in [1.165, 1.54) is 16.8 Å². The third-order valence-corrected chi connectivity index (χ3v) is 4.00. The van der Waals surface area contributed by atoms with Gasteiger partial charge in [-0.25, -0.2) is 18.7 Å². The molecule has 2 atom stereocenters. The number of aliphatic hydroxyl groups is 1. The Labute approximate surface area is 152 Å². The van der Waals surface area contributed by atoms with Crippen LogP contribution >= 0.6 is 15.9 Å². The minimum absolute atomic E-state index is 0.0992. The van der Waals surface area contributed by atoms with Crippen molar-refractivity contribution >= 4 is 33.4 Å². The van der Waals surface area contributed by atoms with Gasteiger partial charge < -0.3 is 20.8 Å². The van der Waals surface area contributed by atoms with Gasteiger partial charge in [-0.3, -0.25) is 0 Å². The molecule has 3 heterocycles. The number of β-amino-alcohol motifs (C(OH)–C–C–N with tert-alkyl or cyclic N) is 1. The van der Waals surface area contributed by atoms with E-state index in [1.54, 1.807) is 0 Å². The number of nitrogens with one attached hydrogen (secondary N) is 2. The number of hydrogen-bond donors (Lipinski definition) is 4. The van der Waals surface area contributed by atoms with E-state index in [-0.39, 0.29) is 11.9 Å². The van der Waals surface area contributed by atoms with Gasteiger partial charge in [0, 0.05) is 12.6 Å². The van der Waals surface area contributed by atoms with E-state index >= 15 is 0 Å². The van der Waals surface area contributed by atoms with Gasteiger partial charge >= 0.3 is 12.1 Å². The van der Waals surface area contributed by atoms with Crippen LogP contribution in [0.4, 0.5) is 23.5 Å². The molecule has 0 radical (unpaired) electrons. The molecule has 1 aliphatic heterocycles. The number of fused-ring (bicyclic) bond motifs is 1. The number of carboxylic acids is 1. The molecule has 1 saturated heterocycles. The lowest BCUT2D eigenvalue weighted by Gasteiger charge is -2.28. The fourth-order valence-corrected chi connectivity index (χ4v) is 2.63. The van der Waals surface area contributed by atoms with Gasteiger partial charge in [0.1, 0.15) is 10.1 Å². The number of anilines is 1. The molecule has 144 valence electrons. The molecule has 0 unspecified atom stereocenters. The van der Waals surface area contributed by atoms with Crippen molar-refractivity contribution in [2.75, 3.05) is 18.4 Å². The van der Waals surface area contributed by atoms with Crippen LogP contribution in [-0.4, -0.2) is 62.2 Å². The Hall–Kier alpha value is -1.99. The van der Waals surface area contributed by atoms with Gasteiger partial charge in [-0.1, -0.05) is 0 Å². The van der Waals surface area contributed by atoms with Crippen molar-refractivity contribution < 1.29 is 32.6 Å². The van der Waals surface area contributed by atoms with Crippen molar-refractivity contribution in [1.29, 1.82) is 0 Å². The Morgan fingerprint density at radius 3 is 2.69 bits per heavy atom. The lowest BCUT2D eigenvalue weighted by atomic mass is 10.0.